The van der Waals surface area contributed by atoms with Crippen molar-refractivity contribution in [2.24, 2.45) is 0 Å². The van der Waals surface area contributed by atoms with Gasteiger partial charge in [-0.15, -0.1) is 0 Å². The number of nitrogens with zero attached hydrogens (tertiary/aromatic N) is 3. The largest absolute Gasteiger partial charge is 0.348 e. The number of halogens is 1. The molecule has 1 aliphatic heterocycles. The summed E-state index contributed by atoms with van der Waals surface area (Å²) < 4.78 is 17.5. The molecular formula is C14H10FN3O. The molecule has 0 atom stereocenters. The van der Waals surface area contributed by atoms with Crippen LogP contribution >= 0.6 is 0 Å². The first kappa shape index (κ1) is 10.5. The fourth-order valence-corrected chi connectivity index (χ4v) is 2.78. The summed E-state index contributed by atoms with van der Waals surface area (Å²) in [6.45, 7) is 1.22. The molecule has 0 saturated carbocycles. The van der Waals surface area contributed by atoms with Crippen LogP contribution in [0.25, 0.3) is 22.3 Å². The number of hydrogen-bond donors (Lipinski definition) is 0. The summed E-state index contributed by atoms with van der Waals surface area (Å²) in [5, 5.41) is 0.593. The predicted molar refractivity (Wildman–Crippen MR) is 69.4 cm³/mol. The zero-order valence-electron chi connectivity index (χ0n) is 10.0. The third kappa shape index (κ3) is 1.32. The lowest BCUT2D eigenvalue weighted by molar-refractivity contribution is 0.544. The molecule has 0 spiro atoms. The second-order valence-corrected chi connectivity index (χ2v) is 4.62. The first-order valence-corrected chi connectivity index (χ1v) is 6.10. The van der Waals surface area contributed by atoms with Gasteiger partial charge in [-0.05, 0) is 24.3 Å². The number of hydrogen-bond acceptors (Lipinski definition) is 2. The van der Waals surface area contributed by atoms with Crippen molar-refractivity contribution in [1.29, 1.82) is 0 Å². The molecule has 0 N–H and O–H groups in total. The molecule has 0 fully saturated rings. The van der Waals surface area contributed by atoms with E-state index in [1.54, 1.807) is 22.8 Å². The van der Waals surface area contributed by atoms with Gasteiger partial charge in [-0.3, -0.25) is 4.57 Å². The van der Waals surface area contributed by atoms with E-state index < -0.39 is 0 Å². The van der Waals surface area contributed by atoms with Crippen LogP contribution in [0.1, 0.15) is 0 Å². The Kier molecular flexibility index (Phi) is 1.95. The van der Waals surface area contributed by atoms with Crippen molar-refractivity contribution in [1.82, 2.24) is 14.1 Å². The molecule has 94 valence electrons. The molecule has 3 heterocycles. The van der Waals surface area contributed by atoms with Crippen molar-refractivity contribution in [2.45, 2.75) is 13.1 Å². The first-order valence-electron chi connectivity index (χ1n) is 6.10. The third-order valence-electron chi connectivity index (χ3n) is 3.64. The summed E-state index contributed by atoms with van der Waals surface area (Å²) in [6, 6.07) is 8.66. The van der Waals surface area contributed by atoms with E-state index in [2.05, 4.69) is 4.98 Å². The first-order chi connectivity index (χ1) is 9.25. The highest BCUT2D eigenvalue weighted by Gasteiger charge is 2.20. The molecule has 0 radical (unpaired) electrons. The lowest BCUT2D eigenvalue weighted by atomic mass is 10.2. The molecule has 1 aromatic carbocycles. The summed E-state index contributed by atoms with van der Waals surface area (Å²) in [5.41, 5.74) is 2.27. The third-order valence-corrected chi connectivity index (χ3v) is 3.64. The van der Waals surface area contributed by atoms with Crippen LogP contribution < -0.4 is 5.69 Å². The Labute approximate surface area is 107 Å². The minimum absolute atomic E-state index is 0.234. The number of benzene rings is 1. The SMILES string of the molecule is O=c1nccc2n1CCn1c-2cc2c(F)cccc21. The van der Waals surface area contributed by atoms with Crippen LogP contribution in [0.15, 0.2) is 41.3 Å². The lowest BCUT2D eigenvalue weighted by Gasteiger charge is -2.20. The standard InChI is InChI=1S/C14H10FN3O/c15-10-2-1-3-11-9(10)8-13-12-4-5-16-14(19)18(12)7-6-17(11)13/h1-5,8H,6-7H2. The molecule has 5 heteroatoms. The van der Waals surface area contributed by atoms with Crippen molar-refractivity contribution in [3.63, 3.8) is 0 Å². The van der Waals surface area contributed by atoms with E-state index in [0.717, 1.165) is 16.9 Å². The van der Waals surface area contributed by atoms with E-state index in [0.29, 0.717) is 18.5 Å². The van der Waals surface area contributed by atoms with E-state index in [1.165, 1.54) is 12.3 Å². The van der Waals surface area contributed by atoms with Gasteiger partial charge in [-0.25, -0.2) is 14.2 Å². The number of rotatable bonds is 0. The summed E-state index contributed by atoms with van der Waals surface area (Å²) >= 11 is 0. The molecule has 0 amide bonds. The second kappa shape index (κ2) is 3.54. The van der Waals surface area contributed by atoms with Crippen molar-refractivity contribution in [3.05, 3.63) is 52.8 Å². The maximum Gasteiger partial charge on any atom is 0.348 e. The highest BCUT2D eigenvalue weighted by Crippen LogP contribution is 2.31. The Balaban J connectivity index is 2.13. The van der Waals surface area contributed by atoms with E-state index in [4.69, 9.17) is 0 Å². The Morgan fingerprint density at radius 3 is 2.84 bits per heavy atom. The van der Waals surface area contributed by atoms with E-state index >= 15 is 0 Å². The summed E-state index contributed by atoms with van der Waals surface area (Å²) in [4.78, 5) is 15.5. The number of fused-ring (bicyclic) bond motifs is 5. The molecule has 19 heavy (non-hydrogen) atoms. The average Bonchev–Trinajstić information content (AvgIpc) is 2.80. The van der Waals surface area contributed by atoms with Gasteiger partial charge < -0.3 is 4.57 Å². The summed E-state index contributed by atoms with van der Waals surface area (Å²) in [5.74, 6) is -0.234. The smallest absolute Gasteiger partial charge is 0.337 e. The minimum atomic E-state index is -0.255. The van der Waals surface area contributed by atoms with Gasteiger partial charge in [0.1, 0.15) is 5.82 Å². The molecule has 3 aromatic rings. The normalized spacial score (nSPS) is 13.3. The fourth-order valence-electron chi connectivity index (χ4n) is 2.78. The maximum absolute atomic E-state index is 13.8. The maximum atomic E-state index is 13.8. The van der Waals surface area contributed by atoms with Crippen molar-refractivity contribution in [3.8, 4) is 11.4 Å². The van der Waals surface area contributed by atoms with Crippen molar-refractivity contribution in [2.75, 3.05) is 0 Å². The van der Waals surface area contributed by atoms with Gasteiger partial charge in [-0.2, -0.15) is 0 Å². The van der Waals surface area contributed by atoms with Crippen LogP contribution in [0.5, 0.6) is 0 Å². The van der Waals surface area contributed by atoms with E-state index in [-0.39, 0.29) is 11.5 Å². The van der Waals surface area contributed by atoms with Gasteiger partial charge in [0.2, 0.25) is 0 Å². The Hall–Kier alpha value is -2.43. The zero-order valence-corrected chi connectivity index (χ0v) is 10.0. The lowest BCUT2D eigenvalue weighted by Crippen LogP contribution is -2.29. The minimum Gasteiger partial charge on any atom is -0.337 e. The monoisotopic (exact) mass is 255 g/mol. The zero-order chi connectivity index (χ0) is 13.0. The molecule has 2 aromatic heterocycles. The molecule has 1 aliphatic rings. The van der Waals surface area contributed by atoms with Gasteiger partial charge >= 0.3 is 5.69 Å². The topological polar surface area (TPSA) is 39.8 Å². The molecule has 0 aliphatic carbocycles. The van der Waals surface area contributed by atoms with Crippen molar-refractivity contribution < 1.29 is 4.39 Å². The fraction of sp³-hybridized carbons (Fsp3) is 0.143. The number of aryl methyl sites for hydroxylation is 1. The number of aromatic nitrogens is 3. The predicted octanol–water partition coefficient (Wildman–Crippen LogP) is 2.02. The van der Waals surface area contributed by atoms with Gasteiger partial charge in [0.15, 0.2) is 0 Å². The van der Waals surface area contributed by atoms with Gasteiger partial charge in [-0.1, -0.05) is 6.07 Å². The summed E-state index contributed by atoms with van der Waals surface area (Å²) in [6.07, 6.45) is 1.50. The molecule has 0 bridgehead atoms. The van der Waals surface area contributed by atoms with E-state index in [1.807, 2.05) is 10.6 Å². The van der Waals surface area contributed by atoms with Crippen molar-refractivity contribution >= 4 is 10.9 Å². The van der Waals surface area contributed by atoms with Gasteiger partial charge in [0.05, 0.1) is 16.9 Å². The van der Waals surface area contributed by atoms with Crippen LogP contribution in [-0.4, -0.2) is 14.1 Å². The second-order valence-electron chi connectivity index (χ2n) is 4.62. The molecule has 0 saturated heterocycles. The molecular weight excluding hydrogens is 245 g/mol. The highest BCUT2D eigenvalue weighted by molar-refractivity contribution is 5.87. The Morgan fingerprint density at radius 2 is 1.95 bits per heavy atom. The van der Waals surface area contributed by atoms with Crippen LogP contribution in [0.4, 0.5) is 4.39 Å². The molecule has 4 rings (SSSR count). The molecule has 4 nitrogen and oxygen atoms in total. The van der Waals surface area contributed by atoms with Crippen LogP contribution in [-0.2, 0) is 13.1 Å². The van der Waals surface area contributed by atoms with E-state index in [9.17, 15) is 9.18 Å². The van der Waals surface area contributed by atoms with Crippen LogP contribution in [0.3, 0.4) is 0 Å². The van der Waals surface area contributed by atoms with Crippen LogP contribution in [0.2, 0.25) is 0 Å². The average molecular weight is 255 g/mol. The Morgan fingerprint density at radius 1 is 1.11 bits per heavy atom. The Bertz CT molecular complexity index is 863. The molecule has 0 unspecified atom stereocenters. The highest BCUT2D eigenvalue weighted by atomic mass is 19.1. The van der Waals surface area contributed by atoms with Crippen LogP contribution in [0, 0.1) is 5.82 Å². The summed E-state index contributed by atoms with van der Waals surface area (Å²) in [7, 11) is 0. The quantitative estimate of drug-likeness (QED) is 0.616. The van der Waals surface area contributed by atoms with Gasteiger partial charge in [0, 0.05) is 24.7 Å². The van der Waals surface area contributed by atoms with Gasteiger partial charge in [0.25, 0.3) is 0 Å².